The molecule has 0 aliphatic carbocycles. The number of hydrogen-bond donors (Lipinski definition) is 1. The van der Waals surface area contributed by atoms with Gasteiger partial charge in [0, 0.05) is 0 Å². The molecule has 0 aliphatic rings. The maximum absolute atomic E-state index is 10.7. The van der Waals surface area contributed by atoms with Gasteiger partial charge in [-0.25, -0.2) is 14.5 Å². The second kappa shape index (κ2) is 5.51. The molecule has 0 bridgehead atoms. The van der Waals surface area contributed by atoms with Crippen molar-refractivity contribution in [2.45, 2.75) is 20.4 Å². The van der Waals surface area contributed by atoms with E-state index in [1.165, 1.54) is 12.1 Å². The molecule has 0 aliphatic heterocycles. The van der Waals surface area contributed by atoms with Crippen LogP contribution in [0.2, 0.25) is 0 Å². The number of carboxylic acid groups (broad SMARTS) is 1. The quantitative estimate of drug-likeness (QED) is 0.885. The zero-order chi connectivity index (χ0) is 13.8. The topological polar surface area (TPSA) is 77.2 Å². The fraction of sp³-hybridized carbons (Fsp3) is 0.308. The normalized spacial score (nSPS) is 10.4. The zero-order valence-corrected chi connectivity index (χ0v) is 10.8. The van der Waals surface area contributed by atoms with Gasteiger partial charge in [-0.15, -0.1) is 0 Å². The molecular formula is C13H15N3O3. The first-order valence-corrected chi connectivity index (χ1v) is 5.90. The highest BCUT2D eigenvalue weighted by atomic mass is 16.5. The lowest BCUT2D eigenvalue weighted by Crippen LogP contribution is -2.11. The summed E-state index contributed by atoms with van der Waals surface area (Å²) in [6.07, 6.45) is 0. The third-order valence-corrected chi connectivity index (χ3v) is 2.64. The minimum Gasteiger partial charge on any atom is -0.492 e. The Balaban J connectivity index is 1.89. The Bertz CT molecular complexity index is 575. The van der Waals surface area contributed by atoms with Crippen molar-refractivity contribution in [3.8, 4) is 5.75 Å². The van der Waals surface area contributed by atoms with Crippen molar-refractivity contribution in [2.24, 2.45) is 0 Å². The van der Waals surface area contributed by atoms with Crippen LogP contribution < -0.4 is 4.74 Å². The third kappa shape index (κ3) is 3.31. The van der Waals surface area contributed by atoms with E-state index in [9.17, 15) is 4.79 Å². The summed E-state index contributed by atoms with van der Waals surface area (Å²) in [5, 5.41) is 13.0. The number of nitrogens with zero attached hydrogens (tertiary/aromatic N) is 3. The molecule has 0 radical (unpaired) electrons. The Morgan fingerprint density at radius 3 is 2.53 bits per heavy atom. The van der Waals surface area contributed by atoms with Crippen LogP contribution in [0.15, 0.2) is 24.3 Å². The standard InChI is InChI=1S/C13H15N3O3/c1-9-14-10(2)16(15-9)7-8-19-12-5-3-11(4-6-12)13(17)18/h3-6H,7-8H2,1-2H3,(H,17,18). The molecule has 1 heterocycles. The van der Waals surface area contributed by atoms with Gasteiger partial charge in [0.2, 0.25) is 0 Å². The van der Waals surface area contributed by atoms with Crippen LogP contribution in [-0.2, 0) is 6.54 Å². The Labute approximate surface area is 110 Å². The van der Waals surface area contributed by atoms with E-state index in [0.717, 1.165) is 11.6 Å². The first-order chi connectivity index (χ1) is 9.06. The highest BCUT2D eigenvalue weighted by Crippen LogP contribution is 2.12. The second-order valence-corrected chi connectivity index (χ2v) is 4.11. The Hall–Kier alpha value is -2.37. The molecule has 0 atom stereocenters. The maximum atomic E-state index is 10.7. The van der Waals surface area contributed by atoms with Crippen LogP contribution in [0.3, 0.4) is 0 Å². The van der Waals surface area contributed by atoms with Crippen LogP contribution in [0.25, 0.3) is 0 Å². The molecule has 2 rings (SSSR count). The molecule has 0 spiro atoms. The summed E-state index contributed by atoms with van der Waals surface area (Å²) in [5.74, 6) is 1.28. The first-order valence-electron chi connectivity index (χ1n) is 5.90. The molecular weight excluding hydrogens is 246 g/mol. The fourth-order valence-electron chi connectivity index (χ4n) is 1.72. The number of aromatic carboxylic acids is 1. The fourth-order valence-corrected chi connectivity index (χ4v) is 1.72. The highest BCUT2D eigenvalue weighted by Gasteiger charge is 2.04. The van der Waals surface area contributed by atoms with Gasteiger partial charge >= 0.3 is 5.97 Å². The van der Waals surface area contributed by atoms with Crippen LogP contribution in [0.5, 0.6) is 5.75 Å². The van der Waals surface area contributed by atoms with Gasteiger partial charge in [-0.2, -0.15) is 5.10 Å². The lowest BCUT2D eigenvalue weighted by atomic mass is 10.2. The number of aryl methyl sites for hydroxylation is 2. The van der Waals surface area contributed by atoms with Crippen molar-refractivity contribution in [1.29, 1.82) is 0 Å². The van der Waals surface area contributed by atoms with Crippen molar-refractivity contribution in [3.63, 3.8) is 0 Å². The summed E-state index contributed by atoms with van der Waals surface area (Å²) in [5.41, 5.74) is 0.245. The van der Waals surface area contributed by atoms with Gasteiger partial charge in [0.1, 0.15) is 24.0 Å². The largest absolute Gasteiger partial charge is 0.492 e. The summed E-state index contributed by atoms with van der Waals surface area (Å²) in [6, 6.07) is 6.32. The van der Waals surface area contributed by atoms with E-state index >= 15 is 0 Å². The molecule has 1 N–H and O–H groups in total. The van der Waals surface area contributed by atoms with Crippen LogP contribution in [0.4, 0.5) is 0 Å². The highest BCUT2D eigenvalue weighted by molar-refractivity contribution is 5.87. The lowest BCUT2D eigenvalue weighted by Gasteiger charge is -2.07. The smallest absolute Gasteiger partial charge is 0.335 e. The van der Waals surface area contributed by atoms with Gasteiger partial charge in [0.15, 0.2) is 0 Å². The Morgan fingerprint density at radius 2 is 2.00 bits per heavy atom. The van der Waals surface area contributed by atoms with Gasteiger partial charge in [0.25, 0.3) is 0 Å². The number of carbonyl (C=O) groups is 1. The molecule has 0 unspecified atom stereocenters. The lowest BCUT2D eigenvalue weighted by molar-refractivity contribution is 0.0697. The minimum absolute atomic E-state index is 0.245. The maximum Gasteiger partial charge on any atom is 0.335 e. The van der Waals surface area contributed by atoms with Crippen molar-refractivity contribution in [1.82, 2.24) is 14.8 Å². The SMILES string of the molecule is Cc1nc(C)n(CCOc2ccc(C(=O)O)cc2)n1. The molecule has 0 amide bonds. The van der Waals surface area contributed by atoms with E-state index in [0.29, 0.717) is 18.9 Å². The number of rotatable bonds is 5. The van der Waals surface area contributed by atoms with E-state index in [-0.39, 0.29) is 5.56 Å². The van der Waals surface area contributed by atoms with Gasteiger partial charge in [-0.05, 0) is 38.1 Å². The molecule has 2 aromatic rings. The van der Waals surface area contributed by atoms with Crippen LogP contribution in [0.1, 0.15) is 22.0 Å². The third-order valence-electron chi connectivity index (χ3n) is 2.64. The number of carboxylic acids is 1. The second-order valence-electron chi connectivity index (χ2n) is 4.11. The summed E-state index contributed by atoms with van der Waals surface area (Å²) in [7, 11) is 0. The molecule has 6 heteroatoms. The van der Waals surface area contributed by atoms with Crippen LogP contribution in [-0.4, -0.2) is 32.4 Å². The number of benzene rings is 1. The molecule has 100 valence electrons. The summed E-state index contributed by atoms with van der Waals surface area (Å²) < 4.78 is 7.31. The predicted octanol–water partition coefficient (Wildman–Crippen LogP) is 1.67. The van der Waals surface area contributed by atoms with Crippen molar-refractivity contribution >= 4 is 5.97 Å². The van der Waals surface area contributed by atoms with Crippen molar-refractivity contribution < 1.29 is 14.6 Å². The van der Waals surface area contributed by atoms with Gasteiger partial charge in [-0.1, -0.05) is 0 Å². The van der Waals surface area contributed by atoms with Gasteiger partial charge in [-0.3, -0.25) is 0 Å². The summed E-state index contributed by atoms with van der Waals surface area (Å²) >= 11 is 0. The van der Waals surface area contributed by atoms with E-state index in [1.807, 2.05) is 13.8 Å². The monoisotopic (exact) mass is 261 g/mol. The molecule has 0 fully saturated rings. The van der Waals surface area contributed by atoms with Crippen LogP contribution in [0, 0.1) is 13.8 Å². The molecule has 19 heavy (non-hydrogen) atoms. The molecule has 0 saturated heterocycles. The zero-order valence-electron chi connectivity index (χ0n) is 10.8. The number of ether oxygens (including phenoxy) is 1. The van der Waals surface area contributed by atoms with E-state index < -0.39 is 5.97 Å². The number of aromatic nitrogens is 3. The molecule has 0 saturated carbocycles. The first kappa shape index (κ1) is 13.1. The van der Waals surface area contributed by atoms with E-state index in [1.54, 1.807) is 16.8 Å². The Morgan fingerprint density at radius 1 is 1.32 bits per heavy atom. The molecule has 1 aromatic carbocycles. The van der Waals surface area contributed by atoms with E-state index in [2.05, 4.69) is 10.1 Å². The van der Waals surface area contributed by atoms with Crippen molar-refractivity contribution in [3.05, 3.63) is 41.5 Å². The summed E-state index contributed by atoms with van der Waals surface area (Å²) in [4.78, 5) is 14.9. The predicted molar refractivity (Wildman–Crippen MR) is 68.4 cm³/mol. The van der Waals surface area contributed by atoms with Gasteiger partial charge in [0.05, 0.1) is 12.1 Å². The molecule has 6 nitrogen and oxygen atoms in total. The van der Waals surface area contributed by atoms with E-state index in [4.69, 9.17) is 9.84 Å². The van der Waals surface area contributed by atoms with Gasteiger partial charge < -0.3 is 9.84 Å². The minimum atomic E-state index is -0.944. The summed E-state index contributed by atoms with van der Waals surface area (Å²) in [6.45, 7) is 4.79. The van der Waals surface area contributed by atoms with Crippen molar-refractivity contribution in [2.75, 3.05) is 6.61 Å². The Kier molecular flexibility index (Phi) is 3.79. The average molecular weight is 261 g/mol. The van der Waals surface area contributed by atoms with Crippen LogP contribution >= 0.6 is 0 Å². The average Bonchev–Trinajstić information content (AvgIpc) is 2.68. The molecule has 1 aromatic heterocycles. The number of hydrogen-bond acceptors (Lipinski definition) is 4.